The molecule has 0 saturated carbocycles. The Morgan fingerprint density at radius 1 is 1.57 bits per heavy atom. The lowest BCUT2D eigenvalue weighted by molar-refractivity contribution is -0.116. The maximum Gasteiger partial charge on any atom is 0.226 e. The molecule has 0 aromatic carbocycles. The van der Waals surface area contributed by atoms with Crippen molar-refractivity contribution in [3.8, 4) is 6.07 Å². The predicted molar refractivity (Wildman–Crippen MR) is 90.5 cm³/mol. The molecule has 0 radical (unpaired) electrons. The van der Waals surface area contributed by atoms with Crippen LogP contribution in [-0.4, -0.2) is 41.7 Å². The maximum absolute atomic E-state index is 12.2. The molecular formula is C17H23N3O2S. The van der Waals surface area contributed by atoms with Crippen LogP contribution < -0.4 is 5.32 Å². The molecule has 1 aromatic rings. The number of aryl methyl sites for hydroxylation is 1. The molecule has 2 unspecified atom stereocenters. The fourth-order valence-electron chi connectivity index (χ4n) is 3.52. The highest BCUT2D eigenvalue weighted by molar-refractivity contribution is 7.16. The van der Waals surface area contributed by atoms with E-state index in [1.165, 1.54) is 4.88 Å². The molecule has 1 aliphatic heterocycles. The second kappa shape index (κ2) is 7.00. The Kier molecular flexibility index (Phi) is 5.00. The fraction of sp³-hybridized carbons (Fsp3) is 0.647. The van der Waals surface area contributed by atoms with E-state index in [0.717, 1.165) is 49.3 Å². The third-order valence-electron chi connectivity index (χ3n) is 4.93. The SMILES string of the molecule is CC(O)C1CCN(CCC(=O)Nc2sc3c(c2C#N)CCC3)C1. The number of carbonyl (C=O) groups excluding carboxylic acids is 1. The Morgan fingerprint density at radius 2 is 2.39 bits per heavy atom. The molecule has 2 N–H and O–H groups in total. The van der Waals surface area contributed by atoms with Gasteiger partial charge in [0.15, 0.2) is 0 Å². The summed E-state index contributed by atoms with van der Waals surface area (Å²) in [7, 11) is 0. The molecule has 0 spiro atoms. The zero-order valence-electron chi connectivity index (χ0n) is 13.5. The number of nitrogens with zero attached hydrogens (tertiary/aromatic N) is 2. The summed E-state index contributed by atoms with van der Waals surface area (Å²) in [6.45, 7) is 4.35. The van der Waals surface area contributed by atoms with Crippen molar-refractivity contribution in [1.82, 2.24) is 4.90 Å². The van der Waals surface area contributed by atoms with Gasteiger partial charge in [-0.2, -0.15) is 5.26 Å². The summed E-state index contributed by atoms with van der Waals surface area (Å²) in [5, 5.41) is 22.6. The van der Waals surface area contributed by atoms with E-state index in [4.69, 9.17) is 0 Å². The Bertz CT molecular complexity index is 633. The largest absolute Gasteiger partial charge is 0.393 e. The molecule has 1 aromatic heterocycles. The molecule has 1 aliphatic carbocycles. The topological polar surface area (TPSA) is 76.4 Å². The molecular weight excluding hydrogens is 310 g/mol. The van der Waals surface area contributed by atoms with Crippen molar-refractivity contribution in [2.24, 2.45) is 5.92 Å². The van der Waals surface area contributed by atoms with Crippen LogP contribution in [0.3, 0.4) is 0 Å². The summed E-state index contributed by atoms with van der Waals surface area (Å²) >= 11 is 1.56. The molecule has 124 valence electrons. The lowest BCUT2D eigenvalue weighted by atomic mass is 10.0. The first-order chi connectivity index (χ1) is 11.1. The van der Waals surface area contributed by atoms with Crippen LogP contribution in [0.1, 0.15) is 42.2 Å². The minimum atomic E-state index is -0.277. The number of fused-ring (bicyclic) bond motifs is 1. The summed E-state index contributed by atoms with van der Waals surface area (Å²) < 4.78 is 0. The average Bonchev–Trinajstić information content (AvgIpc) is 3.20. The van der Waals surface area contributed by atoms with Gasteiger partial charge in [-0.25, -0.2) is 0 Å². The number of amides is 1. The van der Waals surface area contributed by atoms with Crippen LogP contribution in [0, 0.1) is 17.2 Å². The molecule has 5 nitrogen and oxygen atoms in total. The predicted octanol–water partition coefficient (Wildman–Crippen LogP) is 2.14. The number of rotatable bonds is 5. The lowest BCUT2D eigenvalue weighted by Gasteiger charge is -2.16. The van der Waals surface area contributed by atoms with Crippen LogP contribution in [0.2, 0.25) is 0 Å². The first-order valence-electron chi connectivity index (χ1n) is 8.33. The number of hydrogen-bond donors (Lipinski definition) is 2. The van der Waals surface area contributed by atoms with Crippen LogP contribution in [-0.2, 0) is 17.6 Å². The van der Waals surface area contributed by atoms with Crippen molar-refractivity contribution in [2.75, 3.05) is 25.0 Å². The monoisotopic (exact) mass is 333 g/mol. The quantitative estimate of drug-likeness (QED) is 0.865. The molecule has 6 heteroatoms. The van der Waals surface area contributed by atoms with Crippen molar-refractivity contribution in [2.45, 2.75) is 45.1 Å². The van der Waals surface area contributed by atoms with Crippen molar-refractivity contribution in [1.29, 1.82) is 5.26 Å². The highest BCUT2D eigenvalue weighted by atomic mass is 32.1. The van der Waals surface area contributed by atoms with Gasteiger partial charge in [0.05, 0.1) is 11.7 Å². The fourth-order valence-corrected chi connectivity index (χ4v) is 4.77. The van der Waals surface area contributed by atoms with E-state index in [1.807, 2.05) is 6.92 Å². The van der Waals surface area contributed by atoms with Gasteiger partial charge in [-0.15, -0.1) is 11.3 Å². The number of hydrogen-bond acceptors (Lipinski definition) is 5. The smallest absolute Gasteiger partial charge is 0.226 e. The third-order valence-corrected chi connectivity index (χ3v) is 6.14. The van der Waals surface area contributed by atoms with Crippen molar-refractivity contribution < 1.29 is 9.90 Å². The number of carbonyl (C=O) groups is 1. The third kappa shape index (κ3) is 3.57. The van der Waals surface area contributed by atoms with E-state index in [-0.39, 0.29) is 12.0 Å². The van der Waals surface area contributed by atoms with Gasteiger partial charge in [-0.1, -0.05) is 0 Å². The zero-order chi connectivity index (χ0) is 16.4. The molecule has 2 heterocycles. The molecule has 0 bridgehead atoms. The minimum absolute atomic E-state index is 0.0260. The highest BCUT2D eigenvalue weighted by Crippen LogP contribution is 2.38. The van der Waals surface area contributed by atoms with E-state index < -0.39 is 0 Å². The van der Waals surface area contributed by atoms with E-state index in [2.05, 4.69) is 16.3 Å². The number of aliphatic hydroxyl groups is 1. The maximum atomic E-state index is 12.2. The summed E-state index contributed by atoms with van der Waals surface area (Å²) in [5.41, 5.74) is 1.82. The number of anilines is 1. The number of nitriles is 1. The van der Waals surface area contributed by atoms with Gasteiger partial charge in [0.2, 0.25) is 5.91 Å². The molecule has 23 heavy (non-hydrogen) atoms. The van der Waals surface area contributed by atoms with Crippen LogP contribution in [0.4, 0.5) is 5.00 Å². The van der Waals surface area contributed by atoms with Gasteiger partial charge >= 0.3 is 0 Å². The highest BCUT2D eigenvalue weighted by Gasteiger charge is 2.26. The van der Waals surface area contributed by atoms with Crippen LogP contribution in [0.15, 0.2) is 0 Å². The van der Waals surface area contributed by atoms with E-state index in [9.17, 15) is 15.2 Å². The molecule has 1 saturated heterocycles. The lowest BCUT2D eigenvalue weighted by Crippen LogP contribution is -2.27. The second-order valence-corrected chi connectivity index (χ2v) is 7.67. The number of thiophene rings is 1. The average molecular weight is 333 g/mol. The summed E-state index contributed by atoms with van der Waals surface area (Å²) in [5.74, 6) is 0.297. The molecule has 1 fully saturated rings. The van der Waals surface area contributed by atoms with Gasteiger partial charge in [-0.05, 0) is 50.6 Å². The number of likely N-dealkylation sites (tertiary alicyclic amines) is 1. The first-order valence-corrected chi connectivity index (χ1v) is 9.15. The van der Waals surface area contributed by atoms with Gasteiger partial charge in [0.25, 0.3) is 0 Å². The Labute approximate surface area is 140 Å². The van der Waals surface area contributed by atoms with Crippen LogP contribution in [0.25, 0.3) is 0 Å². The summed E-state index contributed by atoms with van der Waals surface area (Å²) in [6, 6.07) is 2.25. The van der Waals surface area contributed by atoms with Gasteiger partial charge in [0, 0.05) is 24.4 Å². The Balaban J connectivity index is 1.52. The summed E-state index contributed by atoms with van der Waals surface area (Å²) in [4.78, 5) is 15.7. The Hall–Kier alpha value is -1.42. The minimum Gasteiger partial charge on any atom is -0.393 e. The van der Waals surface area contributed by atoms with E-state index >= 15 is 0 Å². The van der Waals surface area contributed by atoms with Crippen LogP contribution in [0.5, 0.6) is 0 Å². The van der Waals surface area contributed by atoms with Gasteiger partial charge < -0.3 is 15.3 Å². The van der Waals surface area contributed by atoms with Crippen molar-refractivity contribution in [3.63, 3.8) is 0 Å². The van der Waals surface area contributed by atoms with E-state index in [0.29, 0.717) is 24.4 Å². The van der Waals surface area contributed by atoms with Crippen molar-refractivity contribution in [3.05, 3.63) is 16.0 Å². The number of aliphatic hydroxyl groups excluding tert-OH is 1. The molecule has 1 amide bonds. The van der Waals surface area contributed by atoms with Crippen LogP contribution >= 0.6 is 11.3 Å². The summed E-state index contributed by atoms with van der Waals surface area (Å²) in [6.07, 6.45) is 4.25. The first kappa shape index (κ1) is 16.4. The van der Waals surface area contributed by atoms with Gasteiger partial charge in [0.1, 0.15) is 11.1 Å². The molecule has 2 atom stereocenters. The van der Waals surface area contributed by atoms with Crippen molar-refractivity contribution >= 4 is 22.2 Å². The molecule has 2 aliphatic rings. The normalized spacial score (nSPS) is 21.9. The standard InChI is InChI=1S/C17H23N3O2S/c1-11(21)12-5-7-20(10-12)8-6-16(22)19-17-14(9-18)13-3-2-4-15(13)23-17/h11-12,21H,2-8,10H2,1H3,(H,19,22). The number of nitrogens with one attached hydrogen (secondary N) is 1. The molecule has 3 rings (SSSR count). The van der Waals surface area contributed by atoms with Gasteiger partial charge in [-0.3, -0.25) is 4.79 Å². The zero-order valence-corrected chi connectivity index (χ0v) is 14.3. The van der Waals surface area contributed by atoms with E-state index in [1.54, 1.807) is 11.3 Å². The second-order valence-electron chi connectivity index (χ2n) is 6.56. The Morgan fingerprint density at radius 3 is 3.09 bits per heavy atom.